The Labute approximate surface area is 151 Å². The number of amides is 1. The molecule has 9 heteroatoms. The molecular formula is C18H14F3N5O. The van der Waals surface area contributed by atoms with Crippen molar-refractivity contribution in [2.24, 2.45) is 7.05 Å². The van der Waals surface area contributed by atoms with Crippen molar-refractivity contribution in [1.29, 1.82) is 0 Å². The Morgan fingerprint density at radius 2 is 2.04 bits per heavy atom. The highest BCUT2D eigenvalue weighted by Crippen LogP contribution is 2.31. The third kappa shape index (κ3) is 3.12. The van der Waals surface area contributed by atoms with Gasteiger partial charge in [0.1, 0.15) is 11.5 Å². The summed E-state index contributed by atoms with van der Waals surface area (Å²) in [6, 6.07) is 6.79. The van der Waals surface area contributed by atoms with Crippen molar-refractivity contribution in [3.8, 4) is 0 Å². The number of aromatic nitrogens is 4. The van der Waals surface area contributed by atoms with Gasteiger partial charge in [-0.05, 0) is 30.3 Å². The van der Waals surface area contributed by atoms with Crippen LogP contribution in [0.2, 0.25) is 0 Å². The summed E-state index contributed by atoms with van der Waals surface area (Å²) in [7, 11) is 1.70. The van der Waals surface area contributed by atoms with Gasteiger partial charge in [-0.25, -0.2) is 9.97 Å². The number of imidazole rings is 2. The first-order valence-corrected chi connectivity index (χ1v) is 8.06. The van der Waals surface area contributed by atoms with Gasteiger partial charge in [0.05, 0.1) is 28.7 Å². The zero-order valence-electron chi connectivity index (χ0n) is 14.2. The lowest BCUT2D eigenvalue weighted by Gasteiger charge is -2.07. The molecule has 0 bridgehead atoms. The molecule has 0 saturated carbocycles. The first-order valence-electron chi connectivity index (χ1n) is 8.06. The van der Waals surface area contributed by atoms with E-state index in [1.807, 2.05) is 0 Å². The van der Waals surface area contributed by atoms with E-state index in [1.165, 1.54) is 6.07 Å². The molecule has 0 aliphatic heterocycles. The smallest absolute Gasteiger partial charge is 0.345 e. The van der Waals surface area contributed by atoms with Crippen LogP contribution in [0.1, 0.15) is 21.7 Å². The number of benzene rings is 1. The second-order valence-electron chi connectivity index (χ2n) is 6.08. The van der Waals surface area contributed by atoms with Crippen LogP contribution in [0.3, 0.4) is 0 Å². The summed E-state index contributed by atoms with van der Waals surface area (Å²) in [5, 5.41) is 2.74. The molecule has 0 aliphatic carbocycles. The molecule has 3 aromatic heterocycles. The quantitative estimate of drug-likeness (QED) is 0.600. The van der Waals surface area contributed by atoms with Crippen LogP contribution in [0.5, 0.6) is 0 Å². The van der Waals surface area contributed by atoms with Crippen LogP contribution in [0.25, 0.3) is 16.7 Å². The van der Waals surface area contributed by atoms with E-state index in [1.54, 1.807) is 46.7 Å². The second-order valence-corrected chi connectivity index (χ2v) is 6.08. The first-order chi connectivity index (χ1) is 12.8. The highest BCUT2D eigenvalue weighted by molar-refractivity contribution is 5.94. The predicted octanol–water partition coefficient (Wildman–Crippen LogP) is 3.17. The molecule has 1 amide bonds. The van der Waals surface area contributed by atoms with Gasteiger partial charge in [-0.2, -0.15) is 13.2 Å². The monoisotopic (exact) mass is 373 g/mol. The summed E-state index contributed by atoms with van der Waals surface area (Å²) in [6.45, 7) is 0.0906. The topological polar surface area (TPSA) is 64.2 Å². The molecule has 0 aliphatic rings. The maximum Gasteiger partial charge on any atom is 0.416 e. The van der Waals surface area contributed by atoms with E-state index in [4.69, 9.17) is 0 Å². The fourth-order valence-corrected chi connectivity index (χ4v) is 2.90. The number of carbonyl (C=O) groups excluding carboxylic acids is 1. The summed E-state index contributed by atoms with van der Waals surface area (Å²) in [5.41, 5.74) is 1.21. The normalized spacial score (nSPS) is 12.0. The average Bonchev–Trinajstić information content (AvgIpc) is 3.22. The van der Waals surface area contributed by atoms with Crippen LogP contribution < -0.4 is 5.32 Å². The molecule has 4 aromatic rings. The van der Waals surface area contributed by atoms with Crippen LogP contribution >= 0.6 is 0 Å². The fourth-order valence-electron chi connectivity index (χ4n) is 2.90. The molecule has 0 saturated heterocycles. The zero-order valence-corrected chi connectivity index (χ0v) is 14.2. The van der Waals surface area contributed by atoms with Crippen LogP contribution in [0, 0.1) is 0 Å². The number of aryl methyl sites for hydroxylation is 1. The predicted molar refractivity (Wildman–Crippen MR) is 92.1 cm³/mol. The lowest BCUT2D eigenvalue weighted by atomic mass is 10.2. The molecule has 0 fully saturated rings. The summed E-state index contributed by atoms with van der Waals surface area (Å²) in [4.78, 5) is 20.7. The van der Waals surface area contributed by atoms with E-state index in [0.717, 1.165) is 17.8 Å². The SMILES string of the molecule is Cn1c(CNC(=O)c2ccc3nccn3c2)nc2cc(C(F)(F)F)ccc21. The third-order valence-corrected chi connectivity index (χ3v) is 4.36. The van der Waals surface area contributed by atoms with Gasteiger partial charge in [-0.15, -0.1) is 0 Å². The Bertz CT molecular complexity index is 1160. The minimum atomic E-state index is -4.42. The Hall–Kier alpha value is -3.36. The molecule has 3 heterocycles. The molecule has 4 rings (SSSR count). The van der Waals surface area contributed by atoms with E-state index in [0.29, 0.717) is 16.9 Å². The number of alkyl halides is 3. The fraction of sp³-hybridized carbons (Fsp3) is 0.167. The number of rotatable bonds is 3. The van der Waals surface area contributed by atoms with Gasteiger partial charge in [-0.3, -0.25) is 4.79 Å². The van der Waals surface area contributed by atoms with Crippen molar-refractivity contribution in [3.63, 3.8) is 0 Å². The minimum Gasteiger partial charge on any atom is -0.345 e. The number of nitrogens with one attached hydrogen (secondary N) is 1. The molecule has 1 N–H and O–H groups in total. The number of halogens is 3. The van der Waals surface area contributed by atoms with Crippen molar-refractivity contribution >= 4 is 22.6 Å². The first kappa shape index (κ1) is 17.1. The summed E-state index contributed by atoms with van der Waals surface area (Å²) >= 11 is 0. The van der Waals surface area contributed by atoms with Gasteiger partial charge in [-0.1, -0.05) is 0 Å². The molecule has 0 radical (unpaired) electrons. The van der Waals surface area contributed by atoms with Crippen LogP contribution in [0.4, 0.5) is 13.2 Å². The lowest BCUT2D eigenvalue weighted by molar-refractivity contribution is -0.137. The van der Waals surface area contributed by atoms with Crippen molar-refractivity contribution in [1.82, 2.24) is 24.3 Å². The number of fused-ring (bicyclic) bond motifs is 2. The van der Waals surface area contributed by atoms with Crippen molar-refractivity contribution in [2.75, 3.05) is 0 Å². The Morgan fingerprint density at radius 1 is 1.22 bits per heavy atom. The maximum absolute atomic E-state index is 12.9. The Balaban J connectivity index is 1.55. The molecule has 0 atom stereocenters. The minimum absolute atomic E-state index is 0.0906. The maximum atomic E-state index is 12.9. The van der Waals surface area contributed by atoms with E-state index in [9.17, 15) is 18.0 Å². The highest BCUT2D eigenvalue weighted by Gasteiger charge is 2.31. The Morgan fingerprint density at radius 3 is 2.81 bits per heavy atom. The van der Waals surface area contributed by atoms with Crippen LogP contribution in [-0.2, 0) is 19.8 Å². The number of carbonyl (C=O) groups is 1. The molecule has 6 nitrogen and oxygen atoms in total. The number of nitrogens with zero attached hydrogens (tertiary/aromatic N) is 4. The standard InChI is InChI=1S/C18H14F3N5O/c1-25-14-4-3-12(18(19,20)21)8-13(14)24-16(25)9-23-17(27)11-2-5-15-22-6-7-26(15)10-11/h2-8,10H,9H2,1H3,(H,23,27). The highest BCUT2D eigenvalue weighted by atomic mass is 19.4. The summed E-state index contributed by atoms with van der Waals surface area (Å²) < 4.78 is 41.9. The van der Waals surface area contributed by atoms with Gasteiger partial charge >= 0.3 is 6.18 Å². The Kier molecular flexibility index (Phi) is 3.87. The molecule has 1 aromatic carbocycles. The van der Waals surface area contributed by atoms with E-state index in [-0.39, 0.29) is 18.0 Å². The van der Waals surface area contributed by atoms with Crippen molar-refractivity contribution in [3.05, 3.63) is 65.9 Å². The number of hydrogen-bond donors (Lipinski definition) is 1. The summed E-state index contributed by atoms with van der Waals surface area (Å²) in [5.74, 6) is 0.148. The molecule has 138 valence electrons. The van der Waals surface area contributed by atoms with Crippen molar-refractivity contribution in [2.45, 2.75) is 12.7 Å². The molecular weight excluding hydrogens is 359 g/mol. The van der Waals surface area contributed by atoms with Gasteiger partial charge in [0.15, 0.2) is 0 Å². The zero-order chi connectivity index (χ0) is 19.2. The average molecular weight is 373 g/mol. The third-order valence-electron chi connectivity index (χ3n) is 4.36. The van der Waals surface area contributed by atoms with E-state index >= 15 is 0 Å². The lowest BCUT2D eigenvalue weighted by Crippen LogP contribution is -2.24. The number of hydrogen-bond acceptors (Lipinski definition) is 3. The summed E-state index contributed by atoms with van der Waals surface area (Å²) in [6.07, 6.45) is 0.593. The molecule has 0 spiro atoms. The van der Waals surface area contributed by atoms with Crippen LogP contribution in [-0.4, -0.2) is 24.8 Å². The van der Waals surface area contributed by atoms with Crippen molar-refractivity contribution < 1.29 is 18.0 Å². The van der Waals surface area contributed by atoms with Gasteiger partial charge in [0.25, 0.3) is 5.91 Å². The van der Waals surface area contributed by atoms with Gasteiger partial charge < -0.3 is 14.3 Å². The van der Waals surface area contributed by atoms with Gasteiger partial charge in [0.2, 0.25) is 0 Å². The van der Waals surface area contributed by atoms with E-state index in [2.05, 4.69) is 15.3 Å². The second kappa shape index (κ2) is 6.11. The van der Waals surface area contributed by atoms with Gasteiger partial charge in [0, 0.05) is 25.6 Å². The largest absolute Gasteiger partial charge is 0.416 e. The number of pyridine rings is 1. The van der Waals surface area contributed by atoms with E-state index < -0.39 is 11.7 Å². The van der Waals surface area contributed by atoms with Crippen LogP contribution in [0.15, 0.2) is 48.9 Å². The molecule has 0 unspecified atom stereocenters. The molecule has 27 heavy (non-hydrogen) atoms.